The van der Waals surface area contributed by atoms with Gasteiger partial charge in [-0.2, -0.15) is 5.10 Å². The fourth-order valence-corrected chi connectivity index (χ4v) is 3.43. The second kappa shape index (κ2) is 9.19. The highest BCUT2D eigenvalue weighted by molar-refractivity contribution is 9.10. The van der Waals surface area contributed by atoms with Crippen LogP contribution >= 0.6 is 27.5 Å². The summed E-state index contributed by atoms with van der Waals surface area (Å²) in [5, 5.41) is 7.72. The maximum atomic E-state index is 12.5. The number of hydrogen-bond acceptors (Lipinski definition) is 4. The third-order valence-electron chi connectivity index (χ3n) is 4.22. The molecule has 0 unspecified atom stereocenters. The van der Waals surface area contributed by atoms with Gasteiger partial charge in [0.1, 0.15) is 18.1 Å². The molecule has 2 aromatic heterocycles. The zero-order chi connectivity index (χ0) is 20.9. The number of anilines is 1. The predicted octanol–water partition coefficient (Wildman–Crippen LogP) is 5.77. The molecule has 0 fully saturated rings. The van der Waals surface area contributed by atoms with Gasteiger partial charge in [0.05, 0.1) is 22.9 Å². The molecule has 1 amide bonds. The zero-order valence-corrected chi connectivity index (χ0v) is 18.1. The number of hydrogen-bond donors (Lipinski definition) is 1. The van der Waals surface area contributed by atoms with Crippen LogP contribution in [-0.2, 0) is 13.2 Å². The summed E-state index contributed by atoms with van der Waals surface area (Å²) in [6, 6.07) is 18.4. The van der Waals surface area contributed by atoms with Crippen LogP contribution in [0.15, 0.2) is 81.9 Å². The highest BCUT2D eigenvalue weighted by Crippen LogP contribution is 2.25. The van der Waals surface area contributed by atoms with E-state index in [1.165, 1.54) is 0 Å². The summed E-state index contributed by atoms with van der Waals surface area (Å²) < 4.78 is 13.9. The molecule has 152 valence electrons. The van der Waals surface area contributed by atoms with Crippen molar-refractivity contribution in [2.75, 3.05) is 5.32 Å². The predicted molar refractivity (Wildman–Crippen MR) is 118 cm³/mol. The van der Waals surface area contributed by atoms with Gasteiger partial charge >= 0.3 is 0 Å². The summed E-state index contributed by atoms with van der Waals surface area (Å²) in [6.07, 6.45) is 3.33. The van der Waals surface area contributed by atoms with E-state index < -0.39 is 0 Å². The molecule has 0 atom stereocenters. The third kappa shape index (κ3) is 5.11. The Labute approximate surface area is 186 Å². The fraction of sp³-hybridized carbons (Fsp3) is 0.0909. The van der Waals surface area contributed by atoms with E-state index in [-0.39, 0.29) is 18.3 Å². The Kier molecular flexibility index (Phi) is 6.21. The summed E-state index contributed by atoms with van der Waals surface area (Å²) >= 11 is 9.44. The lowest BCUT2D eigenvalue weighted by atomic mass is 10.2. The molecule has 0 bridgehead atoms. The van der Waals surface area contributed by atoms with Crippen molar-refractivity contribution in [2.45, 2.75) is 13.2 Å². The minimum Gasteiger partial charge on any atom is -0.484 e. The smallest absolute Gasteiger partial charge is 0.291 e. The maximum Gasteiger partial charge on any atom is 0.291 e. The molecule has 2 heterocycles. The van der Waals surface area contributed by atoms with Crippen molar-refractivity contribution in [2.24, 2.45) is 0 Å². The Balaban J connectivity index is 1.34. The van der Waals surface area contributed by atoms with Gasteiger partial charge in [-0.1, -0.05) is 35.9 Å². The van der Waals surface area contributed by atoms with Crippen molar-refractivity contribution in [1.29, 1.82) is 0 Å². The van der Waals surface area contributed by atoms with Gasteiger partial charge in [-0.15, -0.1) is 0 Å². The topological polar surface area (TPSA) is 69.3 Å². The van der Waals surface area contributed by atoms with Gasteiger partial charge in [0.15, 0.2) is 5.76 Å². The largest absolute Gasteiger partial charge is 0.484 e. The van der Waals surface area contributed by atoms with Crippen molar-refractivity contribution in [3.63, 3.8) is 0 Å². The van der Waals surface area contributed by atoms with E-state index in [0.29, 0.717) is 28.8 Å². The average molecular weight is 487 g/mol. The molecule has 6 nitrogen and oxygen atoms in total. The number of benzene rings is 2. The van der Waals surface area contributed by atoms with Crippen LogP contribution in [0.1, 0.15) is 21.9 Å². The van der Waals surface area contributed by atoms with Gasteiger partial charge in [0, 0.05) is 11.2 Å². The minimum atomic E-state index is -0.357. The standard InChI is InChI=1S/C22H17BrClN3O3/c23-19-6-1-2-7-20(19)29-14-18-8-9-21(30-18)22(28)26-17-11-25-27(13-17)12-15-4-3-5-16(24)10-15/h1-11,13H,12,14H2,(H,26,28). The van der Waals surface area contributed by atoms with E-state index in [0.717, 1.165) is 10.0 Å². The van der Waals surface area contributed by atoms with Crippen molar-refractivity contribution in [1.82, 2.24) is 9.78 Å². The Morgan fingerprint density at radius 1 is 1.17 bits per heavy atom. The quantitative estimate of drug-likeness (QED) is 0.360. The maximum absolute atomic E-state index is 12.5. The molecule has 4 aromatic rings. The molecule has 0 radical (unpaired) electrons. The Morgan fingerprint density at radius 3 is 2.87 bits per heavy atom. The van der Waals surface area contributed by atoms with Gasteiger partial charge in [-0.05, 0) is 57.9 Å². The first kappa shape index (κ1) is 20.3. The molecule has 0 aliphatic heterocycles. The third-order valence-corrected chi connectivity index (χ3v) is 5.11. The van der Waals surface area contributed by atoms with Crippen molar-refractivity contribution < 1.29 is 13.9 Å². The normalized spacial score (nSPS) is 10.7. The van der Waals surface area contributed by atoms with Crippen molar-refractivity contribution in [3.05, 3.63) is 99.6 Å². The Morgan fingerprint density at radius 2 is 2.03 bits per heavy atom. The summed E-state index contributed by atoms with van der Waals surface area (Å²) in [5.41, 5.74) is 1.59. The molecule has 0 aliphatic rings. The molecule has 8 heteroatoms. The molecule has 30 heavy (non-hydrogen) atoms. The van der Waals surface area contributed by atoms with Gasteiger partial charge in [0.2, 0.25) is 0 Å². The number of aromatic nitrogens is 2. The average Bonchev–Trinajstić information content (AvgIpc) is 3.37. The number of amides is 1. The number of ether oxygens (including phenoxy) is 1. The van der Waals surface area contributed by atoms with Gasteiger partial charge < -0.3 is 14.5 Å². The fourth-order valence-electron chi connectivity index (χ4n) is 2.82. The number of halogens is 2. The number of nitrogens with one attached hydrogen (secondary N) is 1. The lowest BCUT2D eigenvalue weighted by molar-refractivity contribution is 0.0992. The Hall–Kier alpha value is -3.03. The summed E-state index contributed by atoms with van der Waals surface area (Å²) in [4.78, 5) is 12.5. The number of para-hydroxylation sites is 1. The lowest BCUT2D eigenvalue weighted by Gasteiger charge is -2.05. The lowest BCUT2D eigenvalue weighted by Crippen LogP contribution is -2.10. The van der Waals surface area contributed by atoms with Crippen LogP contribution in [0.3, 0.4) is 0 Å². The number of rotatable bonds is 7. The molecular weight excluding hydrogens is 470 g/mol. The van der Waals surface area contributed by atoms with Gasteiger partial charge in [0.25, 0.3) is 5.91 Å². The van der Waals surface area contributed by atoms with Crippen molar-refractivity contribution >= 4 is 39.1 Å². The number of nitrogens with zero attached hydrogens (tertiary/aromatic N) is 2. The number of carbonyl (C=O) groups is 1. The second-order valence-corrected chi connectivity index (χ2v) is 7.79. The van der Waals surface area contributed by atoms with Gasteiger partial charge in [-0.3, -0.25) is 9.48 Å². The molecule has 0 aliphatic carbocycles. The van der Waals surface area contributed by atoms with Crippen LogP contribution in [0.5, 0.6) is 5.75 Å². The first-order valence-electron chi connectivity index (χ1n) is 9.11. The van der Waals surface area contributed by atoms with Crippen LogP contribution in [0.2, 0.25) is 5.02 Å². The molecule has 0 saturated carbocycles. The molecular formula is C22H17BrClN3O3. The van der Waals surface area contributed by atoms with Crippen LogP contribution in [-0.4, -0.2) is 15.7 Å². The summed E-state index contributed by atoms with van der Waals surface area (Å²) in [7, 11) is 0. The molecule has 1 N–H and O–H groups in total. The first-order chi connectivity index (χ1) is 14.6. The SMILES string of the molecule is O=C(Nc1cnn(Cc2cccc(Cl)c2)c1)c1ccc(COc2ccccc2Br)o1. The zero-order valence-electron chi connectivity index (χ0n) is 15.7. The molecule has 0 saturated heterocycles. The van der Waals surface area contributed by atoms with Crippen LogP contribution in [0.4, 0.5) is 5.69 Å². The van der Waals surface area contributed by atoms with Crippen LogP contribution < -0.4 is 10.1 Å². The van der Waals surface area contributed by atoms with Crippen LogP contribution in [0, 0.1) is 0 Å². The number of carbonyl (C=O) groups excluding carboxylic acids is 1. The molecule has 2 aromatic carbocycles. The minimum absolute atomic E-state index is 0.198. The van der Waals surface area contributed by atoms with E-state index in [1.807, 2.05) is 48.5 Å². The second-order valence-electron chi connectivity index (χ2n) is 6.50. The van der Waals surface area contributed by atoms with Crippen molar-refractivity contribution in [3.8, 4) is 5.75 Å². The van der Waals surface area contributed by atoms with E-state index in [4.69, 9.17) is 20.8 Å². The van der Waals surface area contributed by atoms with Gasteiger partial charge in [-0.25, -0.2) is 0 Å². The molecule has 4 rings (SSSR count). The van der Waals surface area contributed by atoms with E-state index in [2.05, 4.69) is 26.3 Å². The summed E-state index contributed by atoms with van der Waals surface area (Å²) in [6.45, 7) is 0.765. The van der Waals surface area contributed by atoms with E-state index >= 15 is 0 Å². The highest BCUT2D eigenvalue weighted by Gasteiger charge is 2.13. The monoisotopic (exact) mass is 485 g/mol. The highest BCUT2D eigenvalue weighted by atomic mass is 79.9. The molecule has 0 spiro atoms. The number of furan rings is 1. The van der Waals surface area contributed by atoms with Crippen LogP contribution in [0.25, 0.3) is 0 Å². The van der Waals surface area contributed by atoms with E-state index in [9.17, 15) is 4.79 Å². The summed E-state index contributed by atoms with van der Waals surface area (Å²) in [5.74, 6) is 1.09. The van der Waals surface area contributed by atoms with E-state index in [1.54, 1.807) is 29.2 Å². The first-order valence-corrected chi connectivity index (χ1v) is 10.3. The Bertz CT molecular complexity index is 1170.